The van der Waals surface area contributed by atoms with E-state index in [-0.39, 0.29) is 0 Å². The molecule has 0 saturated heterocycles. The summed E-state index contributed by atoms with van der Waals surface area (Å²) in [7, 11) is 1.93. The highest BCUT2D eigenvalue weighted by Crippen LogP contribution is 2.31. The SMILES string of the molecule is Cn1cc(CNc2ccccc2-c2cccs2)cn1. The van der Waals surface area contributed by atoms with Gasteiger partial charge in [0, 0.05) is 41.5 Å². The van der Waals surface area contributed by atoms with Crippen molar-refractivity contribution in [3.8, 4) is 10.4 Å². The minimum atomic E-state index is 0.788. The molecule has 0 aliphatic heterocycles. The number of thiophene rings is 1. The molecule has 3 rings (SSSR count). The van der Waals surface area contributed by atoms with Gasteiger partial charge in [-0.15, -0.1) is 11.3 Å². The van der Waals surface area contributed by atoms with Crippen LogP contribution < -0.4 is 5.32 Å². The lowest BCUT2D eigenvalue weighted by atomic mass is 10.1. The van der Waals surface area contributed by atoms with Crippen molar-refractivity contribution in [1.82, 2.24) is 9.78 Å². The van der Waals surface area contributed by atoms with Crippen LogP contribution in [0.15, 0.2) is 54.2 Å². The Labute approximate surface area is 116 Å². The van der Waals surface area contributed by atoms with Gasteiger partial charge in [0.1, 0.15) is 0 Å². The van der Waals surface area contributed by atoms with Crippen molar-refractivity contribution >= 4 is 17.0 Å². The molecule has 3 nitrogen and oxygen atoms in total. The van der Waals surface area contributed by atoms with Gasteiger partial charge in [0.15, 0.2) is 0 Å². The molecule has 0 radical (unpaired) electrons. The molecular weight excluding hydrogens is 254 g/mol. The molecule has 2 heterocycles. The van der Waals surface area contributed by atoms with Crippen LogP contribution in [0.5, 0.6) is 0 Å². The van der Waals surface area contributed by atoms with Crippen LogP contribution in [0.4, 0.5) is 5.69 Å². The number of aromatic nitrogens is 2. The van der Waals surface area contributed by atoms with Crippen LogP contribution >= 0.6 is 11.3 Å². The van der Waals surface area contributed by atoms with Crippen LogP contribution in [0.1, 0.15) is 5.56 Å². The number of nitrogens with one attached hydrogen (secondary N) is 1. The van der Waals surface area contributed by atoms with Crippen molar-refractivity contribution in [2.75, 3.05) is 5.32 Å². The van der Waals surface area contributed by atoms with Crippen LogP contribution in [-0.2, 0) is 13.6 Å². The van der Waals surface area contributed by atoms with Crippen LogP contribution in [0, 0.1) is 0 Å². The number of aryl methyl sites for hydroxylation is 1. The first-order chi connectivity index (χ1) is 9.33. The molecule has 0 aliphatic carbocycles. The van der Waals surface area contributed by atoms with E-state index in [1.165, 1.54) is 16.0 Å². The van der Waals surface area contributed by atoms with Gasteiger partial charge in [0.05, 0.1) is 6.20 Å². The molecule has 3 aromatic rings. The van der Waals surface area contributed by atoms with E-state index in [9.17, 15) is 0 Å². The minimum absolute atomic E-state index is 0.788. The highest BCUT2D eigenvalue weighted by Gasteiger charge is 2.05. The Hall–Kier alpha value is -2.07. The zero-order valence-electron chi connectivity index (χ0n) is 10.7. The van der Waals surface area contributed by atoms with Crippen molar-refractivity contribution in [2.45, 2.75) is 6.54 Å². The summed E-state index contributed by atoms with van der Waals surface area (Å²) in [6, 6.07) is 12.6. The predicted molar refractivity (Wildman–Crippen MR) is 80.3 cm³/mol. The second-order valence-corrected chi connectivity index (χ2v) is 5.35. The molecule has 0 aliphatic rings. The number of nitrogens with zero attached hydrogens (tertiary/aromatic N) is 2. The second-order valence-electron chi connectivity index (χ2n) is 4.40. The largest absolute Gasteiger partial charge is 0.380 e. The Morgan fingerprint density at radius 2 is 2.11 bits per heavy atom. The summed E-state index contributed by atoms with van der Waals surface area (Å²) >= 11 is 1.76. The van der Waals surface area contributed by atoms with E-state index in [1.54, 1.807) is 11.3 Å². The maximum atomic E-state index is 4.18. The number of benzene rings is 1. The molecule has 1 aromatic carbocycles. The van der Waals surface area contributed by atoms with Crippen molar-refractivity contribution in [3.63, 3.8) is 0 Å². The standard InChI is InChI=1S/C15H15N3S/c1-18-11-12(10-17-18)9-16-14-6-3-2-5-13(14)15-7-4-8-19-15/h2-8,10-11,16H,9H2,1H3. The van der Waals surface area contributed by atoms with Crippen LogP contribution in [-0.4, -0.2) is 9.78 Å². The van der Waals surface area contributed by atoms with Gasteiger partial charge >= 0.3 is 0 Å². The summed E-state index contributed by atoms with van der Waals surface area (Å²) in [6.45, 7) is 0.788. The van der Waals surface area contributed by atoms with Crippen LogP contribution in [0.2, 0.25) is 0 Å². The molecule has 4 heteroatoms. The van der Waals surface area contributed by atoms with E-state index in [1.807, 2.05) is 24.1 Å². The first-order valence-electron chi connectivity index (χ1n) is 6.17. The van der Waals surface area contributed by atoms with E-state index >= 15 is 0 Å². The molecular formula is C15H15N3S. The van der Waals surface area contributed by atoms with Gasteiger partial charge in [-0.1, -0.05) is 24.3 Å². The molecule has 0 fully saturated rings. The molecule has 0 amide bonds. The van der Waals surface area contributed by atoms with Crippen LogP contribution in [0.25, 0.3) is 10.4 Å². The van der Waals surface area contributed by atoms with E-state index in [4.69, 9.17) is 0 Å². The molecule has 0 atom stereocenters. The average Bonchev–Trinajstić information content (AvgIpc) is 3.08. The third-order valence-corrected chi connectivity index (χ3v) is 3.86. The first-order valence-corrected chi connectivity index (χ1v) is 7.05. The highest BCUT2D eigenvalue weighted by molar-refractivity contribution is 7.13. The van der Waals surface area contributed by atoms with Crippen molar-refractivity contribution in [2.24, 2.45) is 7.05 Å². The molecule has 0 saturated carbocycles. The fourth-order valence-electron chi connectivity index (χ4n) is 2.04. The third kappa shape index (κ3) is 2.69. The number of hydrogen-bond acceptors (Lipinski definition) is 3. The number of rotatable bonds is 4. The average molecular weight is 269 g/mol. The molecule has 0 bridgehead atoms. The monoisotopic (exact) mass is 269 g/mol. The van der Waals surface area contributed by atoms with Gasteiger partial charge in [-0.25, -0.2) is 0 Å². The van der Waals surface area contributed by atoms with Gasteiger partial charge in [-0.3, -0.25) is 4.68 Å². The van der Waals surface area contributed by atoms with Gasteiger partial charge in [0.2, 0.25) is 0 Å². The maximum absolute atomic E-state index is 4.18. The van der Waals surface area contributed by atoms with E-state index in [2.05, 4.69) is 52.2 Å². The summed E-state index contributed by atoms with van der Waals surface area (Å²) < 4.78 is 1.82. The number of para-hydroxylation sites is 1. The summed E-state index contributed by atoms with van der Waals surface area (Å²) in [5.41, 5.74) is 3.60. The van der Waals surface area contributed by atoms with Gasteiger partial charge < -0.3 is 5.32 Å². The smallest absolute Gasteiger partial charge is 0.0539 e. The molecule has 1 N–H and O–H groups in total. The van der Waals surface area contributed by atoms with Crippen molar-refractivity contribution < 1.29 is 0 Å². The lowest BCUT2D eigenvalue weighted by Gasteiger charge is -2.10. The number of hydrogen-bond donors (Lipinski definition) is 1. The van der Waals surface area contributed by atoms with E-state index < -0.39 is 0 Å². The Morgan fingerprint density at radius 1 is 1.21 bits per heavy atom. The van der Waals surface area contributed by atoms with Crippen molar-refractivity contribution in [3.05, 3.63) is 59.7 Å². The molecule has 96 valence electrons. The summed E-state index contributed by atoms with van der Waals surface area (Å²) in [6.07, 6.45) is 3.92. The summed E-state index contributed by atoms with van der Waals surface area (Å²) in [5.74, 6) is 0. The normalized spacial score (nSPS) is 10.6. The van der Waals surface area contributed by atoms with E-state index in [0.717, 1.165) is 12.2 Å². The van der Waals surface area contributed by atoms with Gasteiger partial charge in [-0.2, -0.15) is 5.10 Å². The van der Waals surface area contributed by atoms with E-state index in [0.29, 0.717) is 0 Å². The number of anilines is 1. The van der Waals surface area contributed by atoms with Crippen LogP contribution in [0.3, 0.4) is 0 Å². The summed E-state index contributed by atoms with van der Waals surface area (Å²) in [5, 5.41) is 9.77. The predicted octanol–water partition coefficient (Wildman–Crippen LogP) is 3.76. The fourth-order valence-corrected chi connectivity index (χ4v) is 2.81. The Morgan fingerprint density at radius 3 is 2.84 bits per heavy atom. The zero-order valence-corrected chi connectivity index (χ0v) is 11.5. The first kappa shape index (κ1) is 12.0. The maximum Gasteiger partial charge on any atom is 0.0539 e. The quantitative estimate of drug-likeness (QED) is 0.781. The Balaban J connectivity index is 1.81. The zero-order chi connectivity index (χ0) is 13.1. The van der Waals surface area contributed by atoms with Gasteiger partial charge in [-0.05, 0) is 17.5 Å². The summed E-state index contributed by atoms with van der Waals surface area (Å²) in [4.78, 5) is 1.29. The lowest BCUT2D eigenvalue weighted by Crippen LogP contribution is -1.99. The third-order valence-electron chi connectivity index (χ3n) is 2.96. The molecule has 19 heavy (non-hydrogen) atoms. The lowest BCUT2D eigenvalue weighted by molar-refractivity contribution is 0.767. The second kappa shape index (κ2) is 5.28. The van der Waals surface area contributed by atoms with Crippen molar-refractivity contribution in [1.29, 1.82) is 0 Å². The molecule has 2 aromatic heterocycles. The Bertz CT molecular complexity index is 656. The van der Waals surface area contributed by atoms with Gasteiger partial charge in [0.25, 0.3) is 0 Å². The Kier molecular flexibility index (Phi) is 3.33. The molecule has 0 spiro atoms. The molecule has 0 unspecified atom stereocenters. The highest BCUT2D eigenvalue weighted by atomic mass is 32.1. The topological polar surface area (TPSA) is 29.9 Å². The fraction of sp³-hybridized carbons (Fsp3) is 0.133. The minimum Gasteiger partial charge on any atom is -0.380 e.